The number of hydrogen-bond acceptors (Lipinski definition) is 4. The minimum Gasteiger partial charge on any atom is -0.376 e. The van der Waals surface area contributed by atoms with Gasteiger partial charge in [-0.15, -0.1) is 0 Å². The molecule has 3 rings (SSSR count). The highest BCUT2D eigenvalue weighted by atomic mass is 19.3. The summed E-state index contributed by atoms with van der Waals surface area (Å²) in [7, 11) is 0. The average Bonchev–Trinajstić information content (AvgIpc) is 3.27. The van der Waals surface area contributed by atoms with Crippen molar-refractivity contribution < 1.29 is 23.1 Å². The fourth-order valence-electron chi connectivity index (χ4n) is 3.90. The molecule has 1 aliphatic heterocycles. The summed E-state index contributed by atoms with van der Waals surface area (Å²) in [6, 6.07) is 0. The molecule has 0 spiro atoms. The maximum Gasteiger partial charge on any atom is 0.319 e. The molecule has 0 unspecified atom stereocenters. The van der Waals surface area contributed by atoms with Crippen molar-refractivity contribution in [2.45, 2.75) is 64.1 Å². The van der Waals surface area contributed by atoms with Crippen molar-refractivity contribution in [3.63, 3.8) is 0 Å². The van der Waals surface area contributed by atoms with E-state index in [0.29, 0.717) is 13.0 Å². The first kappa shape index (κ1) is 20.7. The van der Waals surface area contributed by atoms with Crippen LogP contribution >= 0.6 is 0 Å². The number of nitrogens with zero attached hydrogens (tertiary/aromatic N) is 2. The maximum absolute atomic E-state index is 12.8. The molecular formula is C19H28F2N4O3. The van der Waals surface area contributed by atoms with E-state index in [9.17, 15) is 18.4 Å². The molecule has 28 heavy (non-hydrogen) atoms. The Morgan fingerprint density at radius 2 is 1.86 bits per heavy atom. The molecule has 156 valence electrons. The fraction of sp³-hybridized carbons (Fsp3) is 0.737. The highest BCUT2D eigenvalue weighted by molar-refractivity contribution is 5.79. The summed E-state index contributed by atoms with van der Waals surface area (Å²) in [6.45, 7) is -2.09. The Bertz CT molecular complexity index is 659. The highest BCUT2D eigenvalue weighted by Crippen LogP contribution is 2.24. The third kappa shape index (κ3) is 5.50. The molecule has 2 N–H and O–H groups in total. The van der Waals surface area contributed by atoms with E-state index >= 15 is 0 Å². The molecule has 2 atom stereocenters. The Kier molecular flexibility index (Phi) is 7.36. The van der Waals surface area contributed by atoms with Crippen molar-refractivity contribution in [2.24, 2.45) is 11.8 Å². The van der Waals surface area contributed by atoms with Gasteiger partial charge in [0.05, 0.1) is 25.2 Å². The number of aromatic nitrogens is 2. The summed E-state index contributed by atoms with van der Waals surface area (Å²) in [6.07, 6.45) is 9.24. The van der Waals surface area contributed by atoms with E-state index in [2.05, 4.69) is 15.6 Å². The summed E-state index contributed by atoms with van der Waals surface area (Å²) in [5.41, 5.74) is 0. The van der Waals surface area contributed by atoms with Gasteiger partial charge in [-0.1, -0.05) is 25.7 Å². The third-order valence-electron chi connectivity index (χ3n) is 5.56. The summed E-state index contributed by atoms with van der Waals surface area (Å²) in [5.74, 6) is -0.329. The van der Waals surface area contributed by atoms with Crippen molar-refractivity contribution in [3.8, 4) is 0 Å². The minimum absolute atomic E-state index is 0.0598. The van der Waals surface area contributed by atoms with Crippen LogP contribution in [0.25, 0.3) is 0 Å². The van der Waals surface area contributed by atoms with Crippen LogP contribution in [0, 0.1) is 11.8 Å². The van der Waals surface area contributed by atoms with Crippen molar-refractivity contribution in [2.75, 3.05) is 13.2 Å². The molecule has 9 heteroatoms. The SMILES string of the molecule is O=C(NC[C@@H]1C[C@H](C(=O)NCc2nccn2C(F)F)CO1)C1CCCCCC1. The van der Waals surface area contributed by atoms with E-state index in [4.69, 9.17) is 4.74 Å². The third-order valence-corrected chi connectivity index (χ3v) is 5.56. The van der Waals surface area contributed by atoms with Crippen molar-refractivity contribution >= 4 is 11.8 Å². The number of ether oxygens (including phenoxy) is 1. The van der Waals surface area contributed by atoms with Crippen LogP contribution < -0.4 is 10.6 Å². The number of rotatable bonds is 7. The van der Waals surface area contributed by atoms with Gasteiger partial charge in [0.25, 0.3) is 0 Å². The zero-order valence-corrected chi connectivity index (χ0v) is 15.9. The maximum atomic E-state index is 12.8. The number of amides is 2. The number of nitrogens with one attached hydrogen (secondary N) is 2. The second-order valence-corrected chi connectivity index (χ2v) is 7.57. The first-order valence-corrected chi connectivity index (χ1v) is 10.0. The van der Waals surface area contributed by atoms with Crippen LogP contribution in [0.3, 0.4) is 0 Å². The molecule has 2 amide bonds. The Morgan fingerprint density at radius 3 is 2.57 bits per heavy atom. The quantitative estimate of drug-likeness (QED) is 0.691. The molecule has 0 radical (unpaired) electrons. The number of carbonyl (C=O) groups is 2. The van der Waals surface area contributed by atoms with Gasteiger partial charge >= 0.3 is 6.55 Å². The van der Waals surface area contributed by atoms with Crippen molar-refractivity contribution in [1.29, 1.82) is 0 Å². The highest BCUT2D eigenvalue weighted by Gasteiger charge is 2.31. The Balaban J connectivity index is 1.39. The minimum atomic E-state index is -2.69. The fourth-order valence-corrected chi connectivity index (χ4v) is 3.90. The van der Waals surface area contributed by atoms with Crippen LogP contribution in [-0.2, 0) is 20.9 Å². The van der Waals surface area contributed by atoms with Crippen LogP contribution in [0.5, 0.6) is 0 Å². The summed E-state index contributed by atoms with van der Waals surface area (Å²) >= 11 is 0. The molecule has 2 fully saturated rings. The molecule has 0 bridgehead atoms. The molecule has 2 heterocycles. The standard InChI is InChI=1S/C19H28F2N4O3/c20-19(21)25-8-7-22-16(25)11-24-18(27)14-9-15(28-12-14)10-23-17(26)13-5-3-1-2-4-6-13/h7-8,13-15,19H,1-6,9-12H2,(H,23,26)(H,24,27)/t14-,15-/m0/s1. The average molecular weight is 398 g/mol. The van der Waals surface area contributed by atoms with Crippen molar-refractivity contribution in [1.82, 2.24) is 20.2 Å². The van der Waals surface area contributed by atoms with Crippen molar-refractivity contribution in [3.05, 3.63) is 18.2 Å². The molecule has 2 aliphatic rings. The van der Waals surface area contributed by atoms with Gasteiger partial charge in [0.1, 0.15) is 5.82 Å². The number of alkyl halides is 2. The van der Waals surface area contributed by atoms with E-state index < -0.39 is 6.55 Å². The Morgan fingerprint density at radius 1 is 1.14 bits per heavy atom. The number of imidazole rings is 1. The van der Waals surface area contributed by atoms with Gasteiger partial charge in [-0.05, 0) is 19.3 Å². The molecule has 0 aromatic carbocycles. The number of halogens is 2. The molecule has 1 aromatic heterocycles. The van der Waals surface area contributed by atoms with Crippen LogP contribution in [0.1, 0.15) is 57.3 Å². The summed E-state index contributed by atoms with van der Waals surface area (Å²) in [5, 5.41) is 5.61. The van der Waals surface area contributed by atoms with E-state index in [-0.39, 0.29) is 48.7 Å². The zero-order chi connectivity index (χ0) is 19.9. The number of hydrogen-bond donors (Lipinski definition) is 2. The molecule has 1 aromatic rings. The van der Waals surface area contributed by atoms with Crippen LogP contribution in [-0.4, -0.2) is 40.6 Å². The van der Waals surface area contributed by atoms with Gasteiger partial charge in [-0.25, -0.2) is 4.98 Å². The van der Waals surface area contributed by atoms with E-state index in [1.807, 2.05) is 0 Å². The Labute approximate surface area is 163 Å². The molecule has 7 nitrogen and oxygen atoms in total. The predicted octanol–water partition coefficient (Wildman–Crippen LogP) is 2.39. The lowest BCUT2D eigenvalue weighted by atomic mass is 9.99. The molecule has 1 saturated heterocycles. The lowest BCUT2D eigenvalue weighted by Gasteiger charge is -2.16. The second-order valence-electron chi connectivity index (χ2n) is 7.57. The van der Waals surface area contributed by atoms with E-state index in [1.54, 1.807) is 0 Å². The molecule has 1 aliphatic carbocycles. The monoisotopic (exact) mass is 398 g/mol. The Hall–Kier alpha value is -2.03. The number of carbonyl (C=O) groups excluding carboxylic acids is 2. The lowest BCUT2D eigenvalue weighted by molar-refractivity contribution is -0.126. The van der Waals surface area contributed by atoms with Crippen LogP contribution in [0.15, 0.2) is 12.4 Å². The van der Waals surface area contributed by atoms with Gasteiger partial charge in [0.15, 0.2) is 0 Å². The predicted molar refractivity (Wildman–Crippen MR) is 97.4 cm³/mol. The van der Waals surface area contributed by atoms with Gasteiger partial charge in [-0.2, -0.15) is 8.78 Å². The topological polar surface area (TPSA) is 85.3 Å². The molecule has 1 saturated carbocycles. The van der Waals surface area contributed by atoms with Gasteiger partial charge < -0.3 is 15.4 Å². The van der Waals surface area contributed by atoms with E-state index in [1.165, 1.54) is 25.2 Å². The van der Waals surface area contributed by atoms with E-state index in [0.717, 1.165) is 30.3 Å². The first-order chi connectivity index (χ1) is 13.5. The molecular weight excluding hydrogens is 370 g/mol. The van der Waals surface area contributed by atoms with Gasteiger partial charge in [0, 0.05) is 24.9 Å². The smallest absolute Gasteiger partial charge is 0.319 e. The summed E-state index contributed by atoms with van der Waals surface area (Å²) in [4.78, 5) is 28.5. The van der Waals surface area contributed by atoms with Gasteiger partial charge in [0.2, 0.25) is 11.8 Å². The van der Waals surface area contributed by atoms with Gasteiger partial charge in [-0.3, -0.25) is 14.2 Å². The lowest BCUT2D eigenvalue weighted by Crippen LogP contribution is -2.36. The summed E-state index contributed by atoms with van der Waals surface area (Å²) < 4.78 is 32.0. The van der Waals surface area contributed by atoms with Crippen LogP contribution in [0.2, 0.25) is 0 Å². The first-order valence-electron chi connectivity index (χ1n) is 10.0. The normalized spacial score (nSPS) is 23.5. The zero-order valence-electron chi connectivity index (χ0n) is 15.9. The van der Waals surface area contributed by atoms with Crippen LogP contribution in [0.4, 0.5) is 8.78 Å². The second kappa shape index (κ2) is 9.95. The largest absolute Gasteiger partial charge is 0.376 e.